The predicted molar refractivity (Wildman–Crippen MR) is 99.3 cm³/mol. The van der Waals surface area contributed by atoms with E-state index in [0.717, 1.165) is 16.7 Å². The van der Waals surface area contributed by atoms with Crippen LogP contribution in [0.15, 0.2) is 54.6 Å². The van der Waals surface area contributed by atoms with E-state index in [9.17, 15) is 9.59 Å². The maximum absolute atomic E-state index is 12.5. The molecule has 0 aliphatic heterocycles. The van der Waals surface area contributed by atoms with Crippen LogP contribution in [0.4, 0.5) is 0 Å². The third-order valence-electron chi connectivity index (χ3n) is 3.76. The summed E-state index contributed by atoms with van der Waals surface area (Å²) in [4.78, 5) is 24.5. The van der Waals surface area contributed by atoms with Crippen molar-refractivity contribution in [2.75, 3.05) is 7.11 Å². The van der Waals surface area contributed by atoms with Crippen molar-refractivity contribution in [3.05, 3.63) is 76.9 Å². The Hall–Kier alpha value is -2.88. The number of ether oxygens (including phenoxy) is 1. The minimum Gasteiger partial charge on any atom is -0.467 e. The van der Waals surface area contributed by atoms with Crippen LogP contribution in [-0.4, -0.2) is 25.0 Å². The molecule has 0 aromatic heterocycles. The highest BCUT2D eigenvalue weighted by molar-refractivity contribution is 5.97. The summed E-state index contributed by atoms with van der Waals surface area (Å²) >= 11 is 0. The summed E-state index contributed by atoms with van der Waals surface area (Å²) in [6, 6.07) is 14.6. The van der Waals surface area contributed by atoms with Gasteiger partial charge in [-0.25, -0.2) is 4.79 Å². The lowest BCUT2D eigenvalue weighted by atomic mass is 10.1. The summed E-state index contributed by atoms with van der Waals surface area (Å²) in [5.74, 6) is -0.745. The normalized spacial score (nSPS) is 12.0. The van der Waals surface area contributed by atoms with Crippen molar-refractivity contribution in [1.82, 2.24) is 5.32 Å². The number of carbonyl (C=O) groups excluding carboxylic acids is 2. The molecular formula is C21H23NO3. The second-order valence-electron chi connectivity index (χ2n) is 5.97. The Morgan fingerprint density at radius 3 is 2.32 bits per heavy atom. The number of hydrogen-bond acceptors (Lipinski definition) is 3. The highest BCUT2D eigenvalue weighted by Crippen LogP contribution is 2.10. The molecule has 0 aliphatic carbocycles. The molecule has 1 atom stereocenters. The first kappa shape index (κ1) is 18.5. The van der Waals surface area contributed by atoms with Gasteiger partial charge in [0.1, 0.15) is 6.04 Å². The van der Waals surface area contributed by atoms with E-state index in [1.54, 1.807) is 12.1 Å². The minimum absolute atomic E-state index is 0.282. The van der Waals surface area contributed by atoms with Gasteiger partial charge in [0.05, 0.1) is 7.11 Å². The van der Waals surface area contributed by atoms with Crippen LogP contribution >= 0.6 is 0 Å². The van der Waals surface area contributed by atoms with Crippen molar-refractivity contribution in [1.29, 1.82) is 0 Å². The highest BCUT2D eigenvalue weighted by atomic mass is 16.5. The van der Waals surface area contributed by atoms with Gasteiger partial charge in [-0.3, -0.25) is 4.79 Å². The third-order valence-corrected chi connectivity index (χ3v) is 3.76. The van der Waals surface area contributed by atoms with Crippen molar-refractivity contribution in [3.63, 3.8) is 0 Å². The fourth-order valence-electron chi connectivity index (χ4n) is 2.61. The zero-order valence-electron chi connectivity index (χ0n) is 14.8. The smallest absolute Gasteiger partial charge is 0.328 e. The van der Waals surface area contributed by atoms with Crippen LogP contribution in [0.3, 0.4) is 0 Å². The molecule has 0 bridgehead atoms. The van der Waals surface area contributed by atoms with Gasteiger partial charge >= 0.3 is 5.97 Å². The molecule has 0 spiro atoms. The molecule has 130 valence electrons. The average Bonchev–Trinajstić information content (AvgIpc) is 2.60. The number of hydrogen-bond donors (Lipinski definition) is 1. The molecule has 0 saturated carbocycles. The Balaban J connectivity index is 2.08. The van der Waals surface area contributed by atoms with Gasteiger partial charge in [0.15, 0.2) is 0 Å². The zero-order valence-corrected chi connectivity index (χ0v) is 14.8. The van der Waals surface area contributed by atoms with E-state index in [0.29, 0.717) is 12.0 Å². The molecule has 1 N–H and O–H groups in total. The Bertz CT molecular complexity index is 746. The average molecular weight is 337 g/mol. The highest BCUT2D eigenvalue weighted by Gasteiger charge is 2.21. The van der Waals surface area contributed by atoms with Crippen molar-refractivity contribution in [2.24, 2.45) is 0 Å². The van der Waals surface area contributed by atoms with Crippen molar-refractivity contribution in [3.8, 4) is 0 Å². The summed E-state index contributed by atoms with van der Waals surface area (Å²) in [7, 11) is 1.32. The lowest BCUT2D eigenvalue weighted by Crippen LogP contribution is -2.41. The third kappa shape index (κ3) is 5.60. The van der Waals surface area contributed by atoms with Crippen LogP contribution in [0, 0.1) is 13.8 Å². The molecule has 0 unspecified atom stereocenters. The molecule has 0 saturated heterocycles. The largest absolute Gasteiger partial charge is 0.467 e. The quantitative estimate of drug-likeness (QED) is 0.818. The fraction of sp³-hybridized carbons (Fsp3) is 0.238. The second-order valence-corrected chi connectivity index (χ2v) is 5.97. The van der Waals surface area contributed by atoms with Crippen LogP contribution < -0.4 is 5.32 Å². The van der Waals surface area contributed by atoms with E-state index in [4.69, 9.17) is 4.74 Å². The van der Waals surface area contributed by atoms with Gasteiger partial charge in [-0.1, -0.05) is 59.7 Å². The topological polar surface area (TPSA) is 55.4 Å². The van der Waals surface area contributed by atoms with Crippen LogP contribution in [0.1, 0.15) is 33.5 Å². The number of nitrogens with one attached hydrogen (secondary N) is 1. The van der Waals surface area contributed by atoms with Gasteiger partial charge in [0, 0.05) is 5.56 Å². The predicted octanol–water partition coefficient (Wildman–Crippen LogP) is 3.68. The Morgan fingerprint density at radius 2 is 1.72 bits per heavy atom. The van der Waals surface area contributed by atoms with Crippen molar-refractivity contribution < 1.29 is 14.3 Å². The number of rotatable bonds is 6. The van der Waals surface area contributed by atoms with E-state index in [2.05, 4.69) is 5.32 Å². The first-order valence-corrected chi connectivity index (χ1v) is 8.18. The summed E-state index contributed by atoms with van der Waals surface area (Å²) in [6.45, 7) is 3.87. The molecule has 0 heterocycles. The number of esters is 1. The Kier molecular flexibility index (Phi) is 6.52. The molecule has 0 aliphatic rings. The number of aryl methyl sites for hydroxylation is 2. The zero-order chi connectivity index (χ0) is 18.2. The lowest BCUT2D eigenvalue weighted by Gasteiger charge is -2.15. The Morgan fingerprint density at radius 1 is 1.08 bits per heavy atom. The monoisotopic (exact) mass is 337 g/mol. The summed E-state index contributed by atoms with van der Waals surface area (Å²) < 4.78 is 4.81. The van der Waals surface area contributed by atoms with Crippen LogP contribution in [0.25, 0.3) is 6.08 Å². The minimum atomic E-state index is -0.724. The van der Waals surface area contributed by atoms with Crippen molar-refractivity contribution in [2.45, 2.75) is 26.3 Å². The van der Waals surface area contributed by atoms with Crippen molar-refractivity contribution >= 4 is 18.0 Å². The number of methoxy groups -OCH3 is 1. The lowest BCUT2D eigenvalue weighted by molar-refractivity contribution is -0.142. The van der Waals surface area contributed by atoms with Gasteiger partial charge in [0.2, 0.25) is 0 Å². The van der Waals surface area contributed by atoms with Crippen LogP contribution in [0.2, 0.25) is 0 Å². The number of benzene rings is 2. The van der Waals surface area contributed by atoms with E-state index in [1.165, 1.54) is 7.11 Å². The molecule has 4 heteroatoms. The fourth-order valence-corrected chi connectivity index (χ4v) is 2.61. The first-order chi connectivity index (χ1) is 12.0. The molecule has 2 aromatic rings. The van der Waals surface area contributed by atoms with Gasteiger partial charge in [-0.05, 0) is 38.0 Å². The van der Waals surface area contributed by atoms with E-state index >= 15 is 0 Å². The molecule has 0 fully saturated rings. The number of carbonyl (C=O) groups is 2. The molecule has 4 nitrogen and oxygen atoms in total. The second kappa shape index (κ2) is 8.83. The van der Waals surface area contributed by atoms with E-state index in [-0.39, 0.29) is 5.91 Å². The van der Waals surface area contributed by atoms with Gasteiger partial charge < -0.3 is 10.1 Å². The molecule has 2 rings (SSSR count). The van der Waals surface area contributed by atoms with Gasteiger partial charge in [-0.2, -0.15) is 0 Å². The van der Waals surface area contributed by atoms with E-state index < -0.39 is 12.0 Å². The SMILES string of the molecule is COC(=O)[C@@H](C/C=C/c1ccccc1)NC(=O)c1cc(C)cc(C)c1. The summed E-state index contributed by atoms with van der Waals surface area (Å²) in [6.07, 6.45) is 4.13. The molecule has 1 amide bonds. The summed E-state index contributed by atoms with van der Waals surface area (Å²) in [5, 5.41) is 2.76. The first-order valence-electron chi connectivity index (χ1n) is 8.18. The maximum atomic E-state index is 12.5. The van der Waals surface area contributed by atoms with Gasteiger partial charge in [-0.15, -0.1) is 0 Å². The molecular weight excluding hydrogens is 314 g/mol. The van der Waals surface area contributed by atoms with E-state index in [1.807, 2.05) is 62.4 Å². The Labute approximate surface area is 148 Å². The molecule has 0 radical (unpaired) electrons. The maximum Gasteiger partial charge on any atom is 0.328 e. The van der Waals surface area contributed by atoms with Gasteiger partial charge in [0.25, 0.3) is 5.91 Å². The number of amides is 1. The molecule has 2 aromatic carbocycles. The standard InChI is InChI=1S/C21H23NO3/c1-15-12-16(2)14-18(13-15)20(23)22-19(21(24)25-3)11-7-10-17-8-5-4-6-9-17/h4-10,12-14,19H,11H2,1-3H3,(H,22,23)/b10-7+/t19-/m1/s1. The molecule has 25 heavy (non-hydrogen) atoms. The summed E-state index contributed by atoms with van der Waals surface area (Å²) in [5.41, 5.74) is 3.58. The van der Waals surface area contributed by atoms with Crippen LogP contribution in [-0.2, 0) is 9.53 Å². The van der Waals surface area contributed by atoms with Crippen LogP contribution in [0.5, 0.6) is 0 Å².